The second kappa shape index (κ2) is 13.2. The molecule has 1 aliphatic rings. The maximum absolute atomic E-state index is 9.31. The van der Waals surface area contributed by atoms with Gasteiger partial charge in [-0.1, -0.05) is 131 Å². The van der Waals surface area contributed by atoms with Crippen molar-refractivity contribution in [1.29, 1.82) is 0 Å². The van der Waals surface area contributed by atoms with Gasteiger partial charge in [-0.25, -0.2) is 0 Å². The highest BCUT2D eigenvalue weighted by atomic mass is 28.4. The van der Waals surface area contributed by atoms with E-state index in [1.165, 1.54) is 10.4 Å². The fourth-order valence-electron chi connectivity index (χ4n) is 5.80. The SMILES string of the molecule is C[C@H](C[C@H]1C[C@@H]([C@H](C)/C=C/CO)O[C@@H](c2ccccc2)O1)O[Si](c1ccccc1)(c1ccccc1)C(C)(C)C. The second-order valence-corrected chi connectivity index (χ2v) is 16.0. The zero-order chi connectivity index (χ0) is 27.9. The molecule has 0 spiro atoms. The molecular formula is C34H44O4Si. The third-order valence-corrected chi connectivity index (χ3v) is 12.9. The Labute approximate surface area is 235 Å². The number of aliphatic hydroxyl groups excluding tert-OH is 1. The van der Waals surface area contributed by atoms with E-state index < -0.39 is 14.6 Å². The fourth-order valence-corrected chi connectivity index (χ4v) is 10.5. The first kappa shape index (κ1) is 29.4. The van der Waals surface area contributed by atoms with Gasteiger partial charge in [-0.15, -0.1) is 0 Å². The second-order valence-electron chi connectivity index (χ2n) is 11.7. The third kappa shape index (κ3) is 6.97. The normalized spacial score (nSPS) is 22.1. The largest absolute Gasteiger partial charge is 0.405 e. The molecule has 1 heterocycles. The molecule has 3 aromatic rings. The molecule has 208 valence electrons. The maximum atomic E-state index is 9.31. The Balaban J connectivity index is 1.63. The van der Waals surface area contributed by atoms with Gasteiger partial charge < -0.3 is 19.0 Å². The van der Waals surface area contributed by atoms with Crippen LogP contribution in [0.15, 0.2) is 103 Å². The van der Waals surface area contributed by atoms with E-state index in [1.807, 2.05) is 24.3 Å². The van der Waals surface area contributed by atoms with Crippen molar-refractivity contribution in [3.8, 4) is 0 Å². The van der Waals surface area contributed by atoms with E-state index in [2.05, 4.69) is 107 Å². The molecule has 1 N–H and O–H groups in total. The zero-order valence-corrected chi connectivity index (χ0v) is 25.0. The summed E-state index contributed by atoms with van der Waals surface area (Å²) in [5.41, 5.74) is 1.02. The van der Waals surface area contributed by atoms with Crippen molar-refractivity contribution in [2.24, 2.45) is 5.92 Å². The highest BCUT2D eigenvalue weighted by molar-refractivity contribution is 6.99. The van der Waals surface area contributed by atoms with Crippen LogP contribution in [0.25, 0.3) is 0 Å². The van der Waals surface area contributed by atoms with Gasteiger partial charge >= 0.3 is 0 Å². The van der Waals surface area contributed by atoms with Crippen molar-refractivity contribution >= 4 is 18.7 Å². The first-order valence-electron chi connectivity index (χ1n) is 14.2. The van der Waals surface area contributed by atoms with E-state index in [1.54, 1.807) is 6.08 Å². The molecular weight excluding hydrogens is 500 g/mol. The summed E-state index contributed by atoms with van der Waals surface area (Å²) in [6, 6.07) is 31.7. The summed E-state index contributed by atoms with van der Waals surface area (Å²) < 4.78 is 20.4. The third-order valence-electron chi connectivity index (χ3n) is 7.70. The lowest BCUT2D eigenvalue weighted by Crippen LogP contribution is -2.67. The Kier molecular flexibility index (Phi) is 9.97. The highest BCUT2D eigenvalue weighted by Gasteiger charge is 2.51. The molecule has 0 saturated carbocycles. The molecule has 4 nitrogen and oxygen atoms in total. The van der Waals surface area contributed by atoms with Gasteiger partial charge in [0.05, 0.1) is 18.8 Å². The Morgan fingerprint density at radius 3 is 1.92 bits per heavy atom. The summed E-state index contributed by atoms with van der Waals surface area (Å²) in [5, 5.41) is 11.8. The standard InChI is InChI=1S/C34H44O4Si/c1-26(16-15-23-35)32-25-29(36-33(37-32)28-17-9-6-10-18-28)24-27(2)38-39(34(3,4)5,30-19-11-7-12-20-30)31-21-13-8-14-22-31/h6-22,26-27,29,32-33,35H,23-25H2,1-5H3/b16-15+/t26-,27-,29+,32+,33+/m1/s1. The highest BCUT2D eigenvalue weighted by Crippen LogP contribution is 2.39. The van der Waals surface area contributed by atoms with Gasteiger partial charge in [0.15, 0.2) is 6.29 Å². The lowest BCUT2D eigenvalue weighted by Gasteiger charge is -2.45. The molecule has 5 heteroatoms. The van der Waals surface area contributed by atoms with Crippen LogP contribution in [-0.4, -0.2) is 38.3 Å². The molecule has 1 fully saturated rings. The predicted molar refractivity (Wildman–Crippen MR) is 162 cm³/mol. The van der Waals surface area contributed by atoms with Gasteiger partial charge in [-0.05, 0) is 28.8 Å². The Morgan fingerprint density at radius 2 is 1.41 bits per heavy atom. The number of ether oxygens (including phenoxy) is 2. The fraction of sp³-hybridized carbons (Fsp3) is 0.412. The first-order chi connectivity index (χ1) is 18.7. The number of hydrogen-bond donors (Lipinski definition) is 1. The van der Waals surface area contributed by atoms with Gasteiger partial charge in [0.1, 0.15) is 0 Å². The zero-order valence-electron chi connectivity index (χ0n) is 24.0. The van der Waals surface area contributed by atoms with Crippen molar-refractivity contribution in [1.82, 2.24) is 0 Å². The number of rotatable bonds is 10. The Bertz CT molecular complexity index is 1120. The predicted octanol–water partition coefficient (Wildman–Crippen LogP) is 6.40. The van der Waals surface area contributed by atoms with Crippen molar-refractivity contribution in [2.75, 3.05) is 6.61 Å². The Hall–Kier alpha value is -2.54. The van der Waals surface area contributed by atoms with E-state index in [9.17, 15) is 5.11 Å². The molecule has 0 unspecified atom stereocenters. The van der Waals surface area contributed by atoms with Crippen LogP contribution in [0.3, 0.4) is 0 Å². The number of hydrogen-bond acceptors (Lipinski definition) is 4. The molecule has 1 saturated heterocycles. The minimum Gasteiger partial charge on any atom is -0.405 e. The van der Waals surface area contributed by atoms with Gasteiger partial charge in [0.2, 0.25) is 0 Å². The van der Waals surface area contributed by atoms with Crippen LogP contribution in [0.2, 0.25) is 5.04 Å². The van der Waals surface area contributed by atoms with Gasteiger partial charge in [-0.3, -0.25) is 0 Å². The molecule has 0 aliphatic carbocycles. The summed E-state index contributed by atoms with van der Waals surface area (Å²) in [5.74, 6) is 0.155. The quantitative estimate of drug-likeness (QED) is 0.237. The molecule has 39 heavy (non-hydrogen) atoms. The van der Waals surface area contributed by atoms with E-state index >= 15 is 0 Å². The first-order valence-corrected chi connectivity index (χ1v) is 16.1. The molecule has 0 radical (unpaired) electrons. The number of aliphatic hydroxyl groups is 1. The average Bonchev–Trinajstić information content (AvgIpc) is 2.95. The summed E-state index contributed by atoms with van der Waals surface area (Å²) in [6.07, 6.45) is 4.88. The van der Waals surface area contributed by atoms with Gasteiger partial charge in [0, 0.05) is 24.0 Å². The van der Waals surface area contributed by atoms with Crippen LogP contribution in [0.4, 0.5) is 0 Å². The summed E-state index contributed by atoms with van der Waals surface area (Å²) in [4.78, 5) is 0. The molecule has 1 aliphatic heterocycles. The summed E-state index contributed by atoms with van der Waals surface area (Å²) in [6.45, 7) is 11.3. The van der Waals surface area contributed by atoms with E-state index in [-0.39, 0.29) is 35.9 Å². The van der Waals surface area contributed by atoms with E-state index in [0.717, 1.165) is 18.4 Å². The molecule has 0 amide bonds. The van der Waals surface area contributed by atoms with Gasteiger partial charge in [-0.2, -0.15) is 0 Å². The van der Waals surface area contributed by atoms with E-state index in [0.29, 0.717) is 0 Å². The van der Waals surface area contributed by atoms with Crippen molar-refractivity contribution < 1.29 is 19.0 Å². The molecule has 5 atom stereocenters. The van der Waals surface area contributed by atoms with Crippen LogP contribution in [0.1, 0.15) is 59.3 Å². The summed E-state index contributed by atoms with van der Waals surface area (Å²) in [7, 11) is -2.66. The van der Waals surface area contributed by atoms with Crippen LogP contribution >= 0.6 is 0 Å². The van der Waals surface area contributed by atoms with Crippen LogP contribution in [0.5, 0.6) is 0 Å². The average molecular weight is 545 g/mol. The lowest BCUT2D eigenvalue weighted by atomic mass is 9.94. The van der Waals surface area contributed by atoms with Crippen molar-refractivity contribution in [2.45, 2.75) is 77.1 Å². The molecule has 0 aromatic heterocycles. The molecule has 0 bridgehead atoms. The van der Waals surface area contributed by atoms with Crippen LogP contribution < -0.4 is 10.4 Å². The molecule has 3 aromatic carbocycles. The van der Waals surface area contributed by atoms with E-state index in [4.69, 9.17) is 13.9 Å². The maximum Gasteiger partial charge on any atom is 0.261 e. The van der Waals surface area contributed by atoms with Gasteiger partial charge in [0.25, 0.3) is 8.32 Å². The van der Waals surface area contributed by atoms with Crippen LogP contribution in [-0.2, 0) is 13.9 Å². The smallest absolute Gasteiger partial charge is 0.261 e. The Morgan fingerprint density at radius 1 is 0.872 bits per heavy atom. The minimum atomic E-state index is -2.66. The number of benzene rings is 3. The monoisotopic (exact) mass is 544 g/mol. The lowest BCUT2D eigenvalue weighted by molar-refractivity contribution is -0.257. The van der Waals surface area contributed by atoms with Crippen molar-refractivity contribution in [3.05, 3.63) is 109 Å². The summed E-state index contributed by atoms with van der Waals surface area (Å²) >= 11 is 0. The van der Waals surface area contributed by atoms with Crippen molar-refractivity contribution in [3.63, 3.8) is 0 Å². The minimum absolute atomic E-state index is 0.0168. The topological polar surface area (TPSA) is 47.9 Å². The van der Waals surface area contributed by atoms with Crippen LogP contribution in [0, 0.1) is 5.92 Å². The molecule has 4 rings (SSSR count).